The molecule has 6 N–H and O–H groups in total. The van der Waals surface area contributed by atoms with Crippen molar-refractivity contribution >= 4 is 39.0 Å². The lowest BCUT2D eigenvalue weighted by Gasteiger charge is -2.34. The second-order valence-corrected chi connectivity index (χ2v) is 9.55. The molecule has 0 radical (unpaired) electrons. The van der Waals surface area contributed by atoms with E-state index in [1.807, 2.05) is 6.07 Å². The second kappa shape index (κ2) is 10.3. The van der Waals surface area contributed by atoms with E-state index in [-0.39, 0.29) is 6.04 Å². The normalized spacial score (nSPS) is 15.4. The lowest BCUT2D eigenvalue weighted by Crippen LogP contribution is -2.44. The first-order chi connectivity index (χ1) is 16.4. The van der Waals surface area contributed by atoms with E-state index in [1.165, 1.54) is 17.5 Å². The van der Waals surface area contributed by atoms with E-state index in [1.54, 1.807) is 12.1 Å². The summed E-state index contributed by atoms with van der Waals surface area (Å²) >= 11 is 1.26. The van der Waals surface area contributed by atoms with Crippen LogP contribution in [0.1, 0.15) is 58.8 Å². The third kappa shape index (κ3) is 4.97. The van der Waals surface area contributed by atoms with Crippen molar-refractivity contribution in [3.63, 3.8) is 0 Å². The Morgan fingerprint density at radius 3 is 2.79 bits per heavy atom. The van der Waals surface area contributed by atoms with Gasteiger partial charge in [0.05, 0.1) is 16.9 Å². The second-order valence-electron chi connectivity index (χ2n) is 8.55. The van der Waals surface area contributed by atoms with Crippen LogP contribution in [0.25, 0.3) is 10.2 Å². The van der Waals surface area contributed by atoms with Crippen LogP contribution in [0.5, 0.6) is 0 Å². The van der Waals surface area contributed by atoms with Gasteiger partial charge in [0.25, 0.3) is 5.91 Å². The predicted octanol–water partition coefficient (Wildman–Crippen LogP) is 2.49. The highest BCUT2D eigenvalue weighted by molar-refractivity contribution is 7.21. The van der Waals surface area contributed by atoms with Gasteiger partial charge in [0.2, 0.25) is 0 Å². The fourth-order valence-electron chi connectivity index (χ4n) is 4.36. The van der Waals surface area contributed by atoms with Crippen LogP contribution < -0.4 is 21.7 Å². The number of aliphatic hydroxyl groups is 1. The maximum atomic E-state index is 11.8. The average molecular weight is 480 g/mol. The van der Waals surface area contributed by atoms with Crippen molar-refractivity contribution in [2.75, 3.05) is 30.3 Å². The van der Waals surface area contributed by atoms with Gasteiger partial charge in [-0.1, -0.05) is 13.3 Å². The molecule has 9 nitrogen and oxygen atoms in total. The number of nitrogens with two attached hydrogens (primary N) is 2. The molecule has 1 atom stereocenters. The van der Waals surface area contributed by atoms with E-state index in [0.717, 1.165) is 60.4 Å². The summed E-state index contributed by atoms with van der Waals surface area (Å²) in [5, 5.41) is 23.6. The number of primary amides is 1. The minimum atomic E-state index is -0.727. The van der Waals surface area contributed by atoms with Gasteiger partial charge in [-0.3, -0.25) is 9.78 Å². The Morgan fingerprint density at radius 2 is 2.18 bits per heavy atom. The zero-order valence-corrected chi connectivity index (χ0v) is 19.9. The average Bonchev–Trinajstić information content (AvgIpc) is 3.20. The van der Waals surface area contributed by atoms with Gasteiger partial charge in [-0.2, -0.15) is 5.26 Å². The summed E-state index contributed by atoms with van der Waals surface area (Å²) in [6, 6.07) is 7.74. The van der Waals surface area contributed by atoms with E-state index < -0.39 is 12.0 Å². The monoisotopic (exact) mass is 479 g/mol. The fourth-order valence-corrected chi connectivity index (χ4v) is 5.35. The first-order valence-corrected chi connectivity index (χ1v) is 12.3. The van der Waals surface area contributed by atoms with Gasteiger partial charge in [-0.25, -0.2) is 4.98 Å². The molecule has 0 saturated carbocycles. The number of nitriles is 1. The summed E-state index contributed by atoms with van der Waals surface area (Å²) < 4.78 is 0. The van der Waals surface area contributed by atoms with Crippen LogP contribution in [-0.4, -0.2) is 46.7 Å². The SMILES string of the molecule is CCCc1cc(N2CCC(NCC(O)c3ccc(C#N)cn3)CC2)nc2sc(C(N)=O)c(N)c12. The molecule has 1 aliphatic heterocycles. The molecular weight excluding hydrogens is 450 g/mol. The molecule has 3 aromatic heterocycles. The van der Waals surface area contributed by atoms with E-state index >= 15 is 0 Å². The minimum Gasteiger partial charge on any atom is -0.397 e. The smallest absolute Gasteiger partial charge is 0.260 e. The maximum absolute atomic E-state index is 11.8. The molecule has 0 bridgehead atoms. The number of fused-ring (bicyclic) bond motifs is 1. The number of carbonyl (C=O) groups excluding carboxylic acids is 1. The van der Waals surface area contributed by atoms with E-state index in [2.05, 4.69) is 28.2 Å². The lowest BCUT2D eigenvalue weighted by atomic mass is 10.0. The van der Waals surface area contributed by atoms with E-state index in [4.69, 9.17) is 21.7 Å². The fraction of sp³-hybridized carbons (Fsp3) is 0.417. The summed E-state index contributed by atoms with van der Waals surface area (Å²) in [4.78, 5) is 24.2. The summed E-state index contributed by atoms with van der Waals surface area (Å²) in [7, 11) is 0. The van der Waals surface area contributed by atoms with Gasteiger partial charge in [0.1, 0.15) is 27.7 Å². The molecule has 0 aliphatic carbocycles. The Hall–Kier alpha value is -3.26. The van der Waals surface area contributed by atoms with Crippen molar-refractivity contribution in [1.82, 2.24) is 15.3 Å². The van der Waals surface area contributed by atoms with E-state index in [9.17, 15) is 9.90 Å². The van der Waals surface area contributed by atoms with Crippen molar-refractivity contribution in [1.29, 1.82) is 5.26 Å². The number of amides is 1. The van der Waals surface area contributed by atoms with Crippen molar-refractivity contribution in [3.05, 3.63) is 46.1 Å². The molecule has 178 valence electrons. The number of rotatable bonds is 8. The van der Waals surface area contributed by atoms with Gasteiger partial charge in [-0.05, 0) is 43.0 Å². The van der Waals surface area contributed by atoms with Gasteiger partial charge >= 0.3 is 0 Å². The largest absolute Gasteiger partial charge is 0.397 e. The highest BCUT2D eigenvalue weighted by Crippen LogP contribution is 2.37. The summed E-state index contributed by atoms with van der Waals surface area (Å²) in [5.41, 5.74) is 14.3. The molecule has 3 aromatic rings. The van der Waals surface area contributed by atoms with E-state index in [0.29, 0.717) is 28.4 Å². The Bertz CT molecular complexity index is 1210. The molecule has 4 rings (SSSR count). The molecule has 1 fully saturated rings. The molecule has 0 spiro atoms. The number of piperidine rings is 1. The number of carbonyl (C=O) groups is 1. The third-order valence-electron chi connectivity index (χ3n) is 6.19. The van der Waals surface area contributed by atoms with Gasteiger partial charge < -0.3 is 26.8 Å². The zero-order chi connectivity index (χ0) is 24.2. The highest BCUT2D eigenvalue weighted by atomic mass is 32.1. The van der Waals surface area contributed by atoms with Crippen molar-refractivity contribution in [3.8, 4) is 6.07 Å². The van der Waals surface area contributed by atoms with Crippen LogP contribution in [0, 0.1) is 11.3 Å². The molecule has 10 heteroatoms. The first kappa shape index (κ1) is 23.9. The van der Waals surface area contributed by atoms with Crippen molar-refractivity contribution < 1.29 is 9.90 Å². The highest BCUT2D eigenvalue weighted by Gasteiger charge is 2.24. The van der Waals surface area contributed by atoms with Crippen LogP contribution in [-0.2, 0) is 6.42 Å². The number of pyridine rings is 2. The predicted molar refractivity (Wildman–Crippen MR) is 134 cm³/mol. The van der Waals surface area contributed by atoms with Crippen LogP contribution >= 0.6 is 11.3 Å². The summed E-state index contributed by atoms with van der Waals surface area (Å²) in [6.07, 6.45) is 4.38. The zero-order valence-electron chi connectivity index (χ0n) is 19.1. The minimum absolute atomic E-state index is 0.280. The number of thiophene rings is 1. The number of nitrogens with zero attached hydrogens (tertiary/aromatic N) is 4. The van der Waals surface area contributed by atoms with Crippen LogP contribution in [0.15, 0.2) is 24.4 Å². The Labute approximate surface area is 202 Å². The number of hydrogen-bond acceptors (Lipinski definition) is 9. The Balaban J connectivity index is 1.40. The molecule has 4 heterocycles. The topological polar surface area (TPSA) is 154 Å². The molecule has 0 aromatic carbocycles. The molecule has 1 aliphatic rings. The van der Waals surface area contributed by atoms with Gasteiger partial charge in [0, 0.05) is 37.3 Å². The molecule has 34 heavy (non-hydrogen) atoms. The molecular formula is C24H29N7O2S. The van der Waals surface area contributed by atoms with Gasteiger partial charge in [-0.15, -0.1) is 11.3 Å². The molecule has 1 unspecified atom stereocenters. The maximum Gasteiger partial charge on any atom is 0.260 e. The summed E-state index contributed by atoms with van der Waals surface area (Å²) in [5.74, 6) is 0.378. The van der Waals surface area contributed by atoms with Crippen LogP contribution in [0.3, 0.4) is 0 Å². The number of anilines is 2. The Morgan fingerprint density at radius 1 is 1.41 bits per heavy atom. The van der Waals surface area contributed by atoms with Crippen LogP contribution in [0.2, 0.25) is 0 Å². The van der Waals surface area contributed by atoms with Crippen molar-refractivity contribution in [2.45, 2.75) is 44.8 Å². The number of nitrogens with one attached hydrogen (secondary N) is 1. The van der Waals surface area contributed by atoms with Crippen LogP contribution in [0.4, 0.5) is 11.5 Å². The first-order valence-electron chi connectivity index (χ1n) is 11.4. The van der Waals surface area contributed by atoms with Crippen molar-refractivity contribution in [2.24, 2.45) is 5.73 Å². The number of aromatic nitrogens is 2. The van der Waals surface area contributed by atoms with Gasteiger partial charge in [0.15, 0.2) is 0 Å². The third-order valence-corrected chi connectivity index (χ3v) is 7.30. The molecule has 1 saturated heterocycles. The Kier molecular flexibility index (Phi) is 7.26. The quantitative estimate of drug-likeness (QED) is 0.384. The number of hydrogen-bond donors (Lipinski definition) is 4. The number of aryl methyl sites for hydroxylation is 1. The number of nitrogen functional groups attached to an aromatic ring is 1. The lowest BCUT2D eigenvalue weighted by molar-refractivity contribution is 0.100. The number of aliphatic hydroxyl groups excluding tert-OH is 1. The summed E-state index contributed by atoms with van der Waals surface area (Å²) in [6.45, 7) is 4.17. The standard InChI is InChI=1S/C24H29N7O2S/c1-2-3-15-10-19(30-24-20(15)21(26)22(34-24)23(27)33)31-8-6-16(7-9-31)28-13-18(32)17-5-4-14(11-25)12-29-17/h4-5,10,12,16,18,28,32H,2-3,6-9,13,26H2,1H3,(H2,27,33). The molecule has 1 amide bonds.